The number of allylic oxidation sites excluding steroid dienone is 1. The second-order valence-corrected chi connectivity index (χ2v) is 3.31. The number of esters is 1. The van der Waals surface area contributed by atoms with Crippen molar-refractivity contribution in [2.45, 2.75) is 0 Å². The first-order valence-electron chi connectivity index (χ1n) is 3.90. The van der Waals surface area contributed by atoms with Crippen molar-refractivity contribution in [3.05, 3.63) is 41.5 Å². The number of fused-ring (bicyclic) bond motifs is 1. The van der Waals surface area contributed by atoms with E-state index in [0.717, 1.165) is 5.56 Å². The molecule has 0 aliphatic carbocycles. The minimum atomic E-state index is -0.261. The van der Waals surface area contributed by atoms with Crippen molar-refractivity contribution in [3.8, 4) is 0 Å². The number of halogens is 1. The van der Waals surface area contributed by atoms with Crippen LogP contribution in [-0.4, -0.2) is 11.3 Å². The lowest BCUT2D eigenvalue weighted by atomic mass is 10.1. The third-order valence-electron chi connectivity index (χ3n) is 1.88. The lowest BCUT2D eigenvalue weighted by molar-refractivity contribution is 0.0715. The van der Waals surface area contributed by atoms with Crippen molar-refractivity contribution in [2.24, 2.45) is 0 Å². The van der Waals surface area contributed by atoms with E-state index in [1.165, 1.54) is 0 Å². The highest BCUT2D eigenvalue weighted by molar-refractivity contribution is 9.09. The first kappa shape index (κ1) is 8.51. The molecule has 66 valence electrons. The van der Waals surface area contributed by atoms with Crippen LogP contribution < -0.4 is 0 Å². The Morgan fingerprint density at radius 1 is 1.31 bits per heavy atom. The van der Waals surface area contributed by atoms with Crippen LogP contribution in [-0.2, 0) is 4.74 Å². The third kappa shape index (κ3) is 1.40. The van der Waals surface area contributed by atoms with Crippen LogP contribution in [0.5, 0.6) is 0 Å². The van der Waals surface area contributed by atoms with Gasteiger partial charge >= 0.3 is 5.97 Å². The molecule has 0 amide bonds. The molecule has 0 atom stereocenters. The SMILES string of the molecule is O=C1OC(=CCBr)c2ccccc21. The summed E-state index contributed by atoms with van der Waals surface area (Å²) in [5.41, 5.74) is 1.53. The van der Waals surface area contributed by atoms with E-state index in [1.807, 2.05) is 24.3 Å². The fourth-order valence-electron chi connectivity index (χ4n) is 1.31. The average molecular weight is 239 g/mol. The van der Waals surface area contributed by atoms with Crippen LogP contribution in [0.25, 0.3) is 5.76 Å². The molecular formula is C10H7BrO2. The Bertz CT molecular complexity index is 382. The molecule has 0 aromatic heterocycles. The van der Waals surface area contributed by atoms with E-state index in [2.05, 4.69) is 15.9 Å². The Morgan fingerprint density at radius 3 is 2.69 bits per heavy atom. The first-order chi connectivity index (χ1) is 6.33. The molecule has 1 aromatic rings. The standard InChI is InChI=1S/C10H7BrO2/c11-6-5-9-7-3-1-2-4-8(7)10(12)13-9/h1-5H,6H2. The molecule has 2 nitrogen and oxygen atoms in total. The zero-order chi connectivity index (χ0) is 9.26. The molecule has 13 heavy (non-hydrogen) atoms. The van der Waals surface area contributed by atoms with Gasteiger partial charge in [0.15, 0.2) is 0 Å². The monoisotopic (exact) mass is 238 g/mol. The maximum absolute atomic E-state index is 11.3. The van der Waals surface area contributed by atoms with E-state index in [0.29, 0.717) is 16.7 Å². The highest BCUT2D eigenvalue weighted by Gasteiger charge is 2.24. The Morgan fingerprint density at radius 2 is 2.00 bits per heavy atom. The maximum atomic E-state index is 11.3. The van der Waals surface area contributed by atoms with Gasteiger partial charge in [0.05, 0.1) is 5.56 Å². The molecule has 3 heteroatoms. The van der Waals surface area contributed by atoms with Gasteiger partial charge < -0.3 is 4.74 Å². The summed E-state index contributed by atoms with van der Waals surface area (Å²) in [6.07, 6.45) is 1.84. The van der Waals surface area contributed by atoms with Crippen molar-refractivity contribution < 1.29 is 9.53 Å². The largest absolute Gasteiger partial charge is 0.423 e. The molecule has 0 saturated carbocycles. The second-order valence-electron chi connectivity index (χ2n) is 2.66. The number of cyclic esters (lactones) is 1. The molecule has 1 aliphatic heterocycles. The predicted molar refractivity (Wildman–Crippen MR) is 53.6 cm³/mol. The van der Waals surface area contributed by atoms with Gasteiger partial charge in [0.25, 0.3) is 0 Å². The lowest BCUT2D eigenvalue weighted by Crippen LogP contribution is -1.92. The van der Waals surface area contributed by atoms with Gasteiger partial charge in [-0.25, -0.2) is 4.79 Å². The van der Waals surface area contributed by atoms with E-state index in [1.54, 1.807) is 6.07 Å². The van der Waals surface area contributed by atoms with Crippen LogP contribution in [0.3, 0.4) is 0 Å². The molecule has 0 spiro atoms. The van der Waals surface area contributed by atoms with Gasteiger partial charge in [-0.1, -0.05) is 34.1 Å². The number of carbonyl (C=O) groups excluding carboxylic acids is 1. The number of ether oxygens (including phenoxy) is 1. The molecule has 0 saturated heterocycles. The molecule has 1 aliphatic rings. The van der Waals surface area contributed by atoms with Crippen LogP contribution in [0.1, 0.15) is 15.9 Å². The zero-order valence-electron chi connectivity index (χ0n) is 6.79. The minimum Gasteiger partial charge on any atom is -0.423 e. The van der Waals surface area contributed by atoms with Crippen molar-refractivity contribution in [1.82, 2.24) is 0 Å². The highest BCUT2D eigenvalue weighted by Crippen LogP contribution is 2.29. The average Bonchev–Trinajstić information content (AvgIpc) is 2.46. The summed E-state index contributed by atoms with van der Waals surface area (Å²) in [6.45, 7) is 0. The number of benzene rings is 1. The fraction of sp³-hybridized carbons (Fsp3) is 0.100. The van der Waals surface area contributed by atoms with Crippen LogP contribution in [0.2, 0.25) is 0 Å². The van der Waals surface area contributed by atoms with Gasteiger partial charge in [-0.2, -0.15) is 0 Å². The Labute approximate surface area is 84.3 Å². The molecule has 0 bridgehead atoms. The summed E-state index contributed by atoms with van der Waals surface area (Å²) < 4.78 is 5.06. The van der Waals surface area contributed by atoms with Gasteiger partial charge in [0, 0.05) is 10.9 Å². The van der Waals surface area contributed by atoms with Gasteiger partial charge in [0.1, 0.15) is 5.76 Å². The number of alkyl halides is 1. The Kier molecular flexibility index (Phi) is 2.19. The number of hydrogen-bond acceptors (Lipinski definition) is 2. The molecule has 1 heterocycles. The zero-order valence-corrected chi connectivity index (χ0v) is 8.37. The molecule has 2 rings (SSSR count). The smallest absolute Gasteiger partial charge is 0.344 e. The van der Waals surface area contributed by atoms with Gasteiger partial charge in [-0.15, -0.1) is 0 Å². The van der Waals surface area contributed by atoms with Crippen LogP contribution in [0, 0.1) is 0 Å². The van der Waals surface area contributed by atoms with E-state index >= 15 is 0 Å². The number of carbonyl (C=O) groups is 1. The topological polar surface area (TPSA) is 26.3 Å². The third-order valence-corrected chi connectivity index (χ3v) is 2.20. The van der Waals surface area contributed by atoms with Crippen molar-refractivity contribution in [3.63, 3.8) is 0 Å². The maximum Gasteiger partial charge on any atom is 0.344 e. The van der Waals surface area contributed by atoms with Crippen LogP contribution >= 0.6 is 15.9 Å². The van der Waals surface area contributed by atoms with Crippen molar-refractivity contribution in [1.29, 1.82) is 0 Å². The summed E-state index contributed by atoms with van der Waals surface area (Å²) in [5.74, 6) is 0.389. The van der Waals surface area contributed by atoms with Crippen molar-refractivity contribution >= 4 is 27.7 Å². The summed E-state index contributed by atoms with van der Waals surface area (Å²) >= 11 is 3.26. The summed E-state index contributed by atoms with van der Waals surface area (Å²) in [7, 11) is 0. The van der Waals surface area contributed by atoms with E-state index in [4.69, 9.17) is 4.74 Å². The van der Waals surface area contributed by atoms with Gasteiger partial charge in [-0.3, -0.25) is 0 Å². The highest BCUT2D eigenvalue weighted by atomic mass is 79.9. The Hall–Kier alpha value is -1.09. The molecule has 0 unspecified atom stereocenters. The molecule has 0 N–H and O–H groups in total. The fourth-order valence-corrected chi connectivity index (χ4v) is 1.60. The summed E-state index contributed by atoms with van der Waals surface area (Å²) in [4.78, 5) is 11.3. The van der Waals surface area contributed by atoms with E-state index < -0.39 is 0 Å². The summed E-state index contributed by atoms with van der Waals surface area (Å²) in [6, 6.07) is 7.38. The van der Waals surface area contributed by atoms with E-state index in [9.17, 15) is 4.79 Å². The van der Waals surface area contributed by atoms with E-state index in [-0.39, 0.29) is 5.97 Å². The Balaban J connectivity index is 2.53. The molecule has 0 radical (unpaired) electrons. The molecule has 1 aromatic carbocycles. The number of hydrogen-bond donors (Lipinski definition) is 0. The minimum absolute atomic E-state index is 0.261. The van der Waals surface area contributed by atoms with Crippen LogP contribution in [0.15, 0.2) is 30.3 Å². The van der Waals surface area contributed by atoms with Gasteiger partial charge in [-0.05, 0) is 12.1 Å². The lowest BCUT2D eigenvalue weighted by Gasteiger charge is -1.94. The normalized spacial score (nSPS) is 17.3. The molecular weight excluding hydrogens is 232 g/mol. The van der Waals surface area contributed by atoms with Crippen molar-refractivity contribution in [2.75, 3.05) is 5.33 Å². The predicted octanol–water partition coefficient (Wildman–Crippen LogP) is 2.59. The summed E-state index contributed by atoms with van der Waals surface area (Å²) in [5, 5.41) is 0.684. The second kappa shape index (κ2) is 3.34. The molecule has 0 fully saturated rings. The van der Waals surface area contributed by atoms with Gasteiger partial charge in [0.2, 0.25) is 0 Å². The quantitative estimate of drug-likeness (QED) is 0.556. The van der Waals surface area contributed by atoms with Crippen LogP contribution in [0.4, 0.5) is 0 Å². The number of rotatable bonds is 1. The first-order valence-corrected chi connectivity index (χ1v) is 5.03.